The standard InChI is InChI=1S/C30H38N4O3/c1-35-32-29(23-8-3-2-4-9-23)26(25-11-6-5-10-24(25)22-31)14-15-33-16-18-34(19-17-33)27-12-7-13-28-30(27)37-21-20-36-28/h5-7,10-13,26,32H,2-4,8-9,14-21H2,1H3/t26-/m1/s1. The molecule has 7 nitrogen and oxygen atoms in total. The van der Waals surface area contributed by atoms with E-state index in [4.69, 9.17) is 14.3 Å². The van der Waals surface area contributed by atoms with Gasteiger partial charge in [-0.25, -0.2) is 0 Å². The summed E-state index contributed by atoms with van der Waals surface area (Å²) in [7, 11) is 1.69. The van der Waals surface area contributed by atoms with Crippen LogP contribution in [0.1, 0.15) is 55.6 Å². The molecule has 2 aromatic carbocycles. The lowest BCUT2D eigenvalue weighted by Crippen LogP contribution is -2.47. The van der Waals surface area contributed by atoms with Gasteiger partial charge in [0.1, 0.15) is 13.2 Å². The zero-order valence-electron chi connectivity index (χ0n) is 21.9. The van der Waals surface area contributed by atoms with Gasteiger partial charge in [0.2, 0.25) is 0 Å². The van der Waals surface area contributed by atoms with Gasteiger partial charge in [0.15, 0.2) is 11.5 Å². The van der Waals surface area contributed by atoms with E-state index in [1.807, 2.05) is 24.3 Å². The minimum atomic E-state index is 0.105. The normalized spacial score (nSPS) is 18.7. The molecule has 7 heteroatoms. The first-order valence-corrected chi connectivity index (χ1v) is 13.6. The molecule has 5 rings (SSSR count). The van der Waals surface area contributed by atoms with Crippen LogP contribution in [-0.2, 0) is 4.84 Å². The first-order chi connectivity index (χ1) is 18.3. The third-order valence-electron chi connectivity index (χ3n) is 7.85. The Kier molecular flexibility index (Phi) is 8.49. The van der Waals surface area contributed by atoms with Crippen molar-refractivity contribution < 1.29 is 14.3 Å². The molecule has 1 N–H and O–H groups in total. The van der Waals surface area contributed by atoms with E-state index in [2.05, 4.69) is 39.5 Å². The number of rotatable bonds is 8. The fourth-order valence-electron chi connectivity index (χ4n) is 5.94. The summed E-state index contributed by atoms with van der Waals surface area (Å²) in [6, 6.07) is 16.6. The van der Waals surface area contributed by atoms with Crippen molar-refractivity contribution >= 4 is 5.69 Å². The minimum absolute atomic E-state index is 0.105. The molecule has 2 fully saturated rings. The Bertz CT molecular complexity index is 1130. The molecule has 0 aromatic heterocycles. The number of para-hydroxylation sites is 1. The number of hydrogen-bond acceptors (Lipinski definition) is 7. The molecule has 2 aliphatic heterocycles. The van der Waals surface area contributed by atoms with Crippen molar-refractivity contribution in [2.75, 3.05) is 57.9 Å². The van der Waals surface area contributed by atoms with E-state index in [1.54, 1.807) is 7.11 Å². The molecule has 1 aliphatic carbocycles. The van der Waals surface area contributed by atoms with Gasteiger partial charge in [0.05, 0.1) is 24.4 Å². The largest absolute Gasteiger partial charge is 0.486 e. The van der Waals surface area contributed by atoms with Gasteiger partial charge in [-0.05, 0) is 68.0 Å². The summed E-state index contributed by atoms with van der Waals surface area (Å²) in [5.74, 6) is 1.83. The highest BCUT2D eigenvalue weighted by Gasteiger charge is 2.27. The number of anilines is 1. The lowest BCUT2D eigenvalue weighted by Gasteiger charge is -2.38. The lowest BCUT2D eigenvalue weighted by atomic mass is 9.83. The molecule has 1 atom stereocenters. The van der Waals surface area contributed by atoms with Gasteiger partial charge in [-0.3, -0.25) is 15.2 Å². The van der Waals surface area contributed by atoms with Gasteiger partial charge in [-0.2, -0.15) is 5.26 Å². The molecule has 2 aromatic rings. The van der Waals surface area contributed by atoms with Crippen LogP contribution in [0.25, 0.3) is 0 Å². The van der Waals surface area contributed by atoms with Crippen LogP contribution in [0.4, 0.5) is 5.69 Å². The summed E-state index contributed by atoms with van der Waals surface area (Å²) in [4.78, 5) is 10.5. The highest BCUT2D eigenvalue weighted by molar-refractivity contribution is 5.65. The number of fused-ring (bicyclic) bond motifs is 1. The van der Waals surface area contributed by atoms with Crippen LogP contribution < -0.4 is 19.9 Å². The summed E-state index contributed by atoms with van der Waals surface area (Å²) < 4.78 is 11.7. The monoisotopic (exact) mass is 502 g/mol. The van der Waals surface area contributed by atoms with Gasteiger partial charge in [0.25, 0.3) is 0 Å². The fraction of sp³-hybridized carbons (Fsp3) is 0.500. The Morgan fingerprint density at radius 2 is 1.78 bits per heavy atom. The van der Waals surface area contributed by atoms with Crippen LogP contribution in [0.3, 0.4) is 0 Å². The van der Waals surface area contributed by atoms with Crippen molar-refractivity contribution in [1.29, 1.82) is 5.26 Å². The van der Waals surface area contributed by atoms with Crippen LogP contribution in [0, 0.1) is 11.3 Å². The molecule has 0 radical (unpaired) electrons. The number of ether oxygens (including phenoxy) is 2. The minimum Gasteiger partial charge on any atom is -0.486 e. The Morgan fingerprint density at radius 1 is 1.00 bits per heavy atom. The number of nitrogens with one attached hydrogen (secondary N) is 1. The van der Waals surface area contributed by atoms with Gasteiger partial charge in [-0.15, -0.1) is 0 Å². The third kappa shape index (κ3) is 5.87. The van der Waals surface area contributed by atoms with Crippen LogP contribution in [0.2, 0.25) is 0 Å². The van der Waals surface area contributed by atoms with E-state index in [1.165, 1.54) is 24.8 Å². The van der Waals surface area contributed by atoms with Crippen LogP contribution >= 0.6 is 0 Å². The van der Waals surface area contributed by atoms with Gasteiger partial charge < -0.3 is 14.4 Å². The summed E-state index contributed by atoms with van der Waals surface area (Å²) in [6.07, 6.45) is 6.86. The smallest absolute Gasteiger partial charge is 0.184 e. The number of piperazine rings is 1. The number of hydrogen-bond donors (Lipinski definition) is 1. The van der Waals surface area contributed by atoms with Crippen LogP contribution in [0.15, 0.2) is 53.7 Å². The zero-order valence-corrected chi connectivity index (χ0v) is 21.9. The molecule has 3 aliphatic rings. The summed E-state index contributed by atoms with van der Waals surface area (Å²) in [5, 5.41) is 9.88. The maximum atomic E-state index is 9.88. The molecular weight excluding hydrogens is 464 g/mol. The first kappa shape index (κ1) is 25.4. The maximum Gasteiger partial charge on any atom is 0.184 e. The predicted octanol–water partition coefficient (Wildman–Crippen LogP) is 4.99. The van der Waals surface area contributed by atoms with Crippen LogP contribution in [-0.4, -0.2) is 57.9 Å². The number of hydroxylamine groups is 1. The molecule has 196 valence electrons. The summed E-state index contributed by atoms with van der Waals surface area (Å²) >= 11 is 0. The Labute approximate surface area is 220 Å². The predicted molar refractivity (Wildman–Crippen MR) is 145 cm³/mol. The van der Waals surface area contributed by atoms with E-state index in [-0.39, 0.29) is 5.92 Å². The summed E-state index contributed by atoms with van der Waals surface area (Å²) in [5.41, 5.74) is 8.85. The van der Waals surface area contributed by atoms with E-state index in [0.29, 0.717) is 13.2 Å². The second-order valence-electron chi connectivity index (χ2n) is 10.1. The second kappa shape index (κ2) is 12.4. The van der Waals surface area contributed by atoms with Gasteiger partial charge in [-0.1, -0.05) is 30.7 Å². The van der Waals surface area contributed by atoms with Crippen molar-refractivity contribution in [3.05, 3.63) is 64.9 Å². The molecule has 2 heterocycles. The Hall–Kier alpha value is -3.21. The molecule has 1 saturated heterocycles. The van der Waals surface area contributed by atoms with Crippen LogP contribution in [0.5, 0.6) is 11.5 Å². The van der Waals surface area contributed by atoms with E-state index in [9.17, 15) is 5.26 Å². The molecule has 0 amide bonds. The maximum absolute atomic E-state index is 9.88. The molecular formula is C30H38N4O3. The molecule has 1 saturated carbocycles. The van der Waals surface area contributed by atoms with E-state index < -0.39 is 0 Å². The molecule has 37 heavy (non-hydrogen) atoms. The average molecular weight is 503 g/mol. The van der Waals surface area contributed by atoms with Crippen molar-refractivity contribution in [3.8, 4) is 17.6 Å². The topological polar surface area (TPSA) is 70.0 Å². The first-order valence-electron chi connectivity index (χ1n) is 13.6. The number of allylic oxidation sites excluding steroid dienone is 2. The lowest BCUT2D eigenvalue weighted by molar-refractivity contribution is 0.109. The molecule has 0 bridgehead atoms. The van der Waals surface area contributed by atoms with Gasteiger partial charge >= 0.3 is 0 Å². The van der Waals surface area contributed by atoms with Gasteiger partial charge in [0, 0.05) is 37.8 Å². The highest BCUT2D eigenvalue weighted by Crippen LogP contribution is 2.40. The quantitative estimate of drug-likeness (QED) is 0.510. The third-order valence-corrected chi connectivity index (χ3v) is 7.85. The average Bonchev–Trinajstić information content (AvgIpc) is 2.97. The van der Waals surface area contributed by atoms with Crippen molar-refractivity contribution in [2.45, 2.75) is 44.4 Å². The molecule has 0 unspecified atom stereocenters. The number of benzene rings is 2. The fourth-order valence-corrected chi connectivity index (χ4v) is 5.94. The number of nitriles is 1. The molecule has 0 spiro atoms. The zero-order chi connectivity index (χ0) is 25.5. The van der Waals surface area contributed by atoms with E-state index >= 15 is 0 Å². The van der Waals surface area contributed by atoms with E-state index in [0.717, 1.165) is 86.0 Å². The second-order valence-corrected chi connectivity index (χ2v) is 10.1. The van der Waals surface area contributed by atoms with Crippen molar-refractivity contribution in [2.24, 2.45) is 0 Å². The summed E-state index contributed by atoms with van der Waals surface area (Å²) in [6.45, 7) is 6.04. The van der Waals surface area contributed by atoms with Crippen molar-refractivity contribution in [3.63, 3.8) is 0 Å². The Balaban J connectivity index is 1.30. The Morgan fingerprint density at radius 3 is 2.57 bits per heavy atom. The number of nitrogens with zero attached hydrogens (tertiary/aromatic N) is 3. The SMILES string of the molecule is CONC(=C1CCCCC1)[C@H](CCN1CCN(c2cccc3c2OCCO3)CC1)c1ccccc1C#N. The van der Waals surface area contributed by atoms with Crippen molar-refractivity contribution in [1.82, 2.24) is 10.4 Å². The highest BCUT2D eigenvalue weighted by atomic mass is 16.6.